The molecule has 0 atom stereocenters. The lowest BCUT2D eigenvalue weighted by molar-refractivity contribution is -0.111. The minimum atomic E-state index is 0.0300. The van der Waals surface area contributed by atoms with Gasteiger partial charge in [0, 0.05) is 22.9 Å². The Bertz CT molecular complexity index is 654. The predicted octanol–water partition coefficient (Wildman–Crippen LogP) is 0.158. The molecule has 0 radical (unpaired) electrons. The normalized spacial score (nSPS) is 15.9. The maximum atomic E-state index is 12.0. The van der Waals surface area contributed by atoms with Gasteiger partial charge in [-0.3, -0.25) is 4.79 Å². The van der Waals surface area contributed by atoms with Crippen molar-refractivity contribution < 1.29 is 4.79 Å². The van der Waals surface area contributed by atoms with Crippen molar-refractivity contribution >= 4 is 29.3 Å². The highest BCUT2D eigenvalue weighted by atomic mass is 16.1. The Labute approximate surface area is 99.7 Å². The fourth-order valence-electron chi connectivity index (χ4n) is 2.38. The van der Waals surface area contributed by atoms with Gasteiger partial charge in [0.15, 0.2) is 0 Å². The number of rotatable bonds is 2. The van der Waals surface area contributed by atoms with Crippen molar-refractivity contribution in [3.05, 3.63) is 34.2 Å². The van der Waals surface area contributed by atoms with E-state index in [9.17, 15) is 4.79 Å². The van der Waals surface area contributed by atoms with E-state index in [1.54, 1.807) is 0 Å². The summed E-state index contributed by atoms with van der Waals surface area (Å²) in [5.41, 5.74) is 2.95. The molecule has 1 amide bonds. The number of anilines is 1. The summed E-state index contributed by atoms with van der Waals surface area (Å²) in [6.07, 6.45) is 6.12. The van der Waals surface area contributed by atoms with E-state index in [2.05, 4.69) is 17.5 Å². The van der Waals surface area contributed by atoms with Crippen molar-refractivity contribution in [2.24, 2.45) is 0 Å². The van der Waals surface area contributed by atoms with E-state index in [1.807, 2.05) is 37.2 Å². The van der Waals surface area contributed by atoms with Crippen LogP contribution in [-0.4, -0.2) is 31.4 Å². The van der Waals surface area contributed by atoms with Crippen molar-refractivity contribution in [1.29, 1.82) is 0 Å². The number of nitrogens with one attached hydrogen (secondary N) is 1. The number of carbonyl (C=O) groups excluding carboxylic acids is 1. The van der Waals surface area contributed by atoms with Gasteiger partial charge in [0.1, 0.15) is 0 Å². The highest BCUT2D eigenvalue weighted by Crippen LogP contribution is 2.18. The number of fused-ring (bicyclic) bond motifs is 3. The molecule has 0 saturated heterocycles. The summed E-state index contributed by atoms with van der Waals surface area (Å²) in [4.78, 5) is 14.0. The summed E-state index contributed by atoms with van der Waals surface area (Å²) in [7, 11) is 3.94. The third kappa shape index (κ3) is 1.51. The second-order valence-corrected chi connectivity index (χ2v) is 4.69. The van der Waals surface area contributed by atoms with Crippen molar-refractivity contribution in [1.82, 2.24) is 4.90 Å². The number of nitrogens with zero attached hydrogens (tertiary/aromatic N) is 1. The van der Waals surface area contributed by atoms with E-state index in [0.29, 0.717) is 6.54 Å². The lowest BCUT2D eigenvalue weighted by Crippen LogP contribution is -2.22. The van der Waals surface area contributed by atoms with Crippen LogP contribution in [0.3, 0.4) is 0 Å². The van der Waals surface area contributed by atoms with Crippen LogP contribution in [0, 0.1) is 0 Å². The molecule has 1 heterocycles. The van der Waals surface area contributed by atoms with Gasteiger partial charge in [-0.05, 0) is 19.3 Å². The molecule has 0 fully saturated rings. The molecule has 0 aromatic heterocycles. The highest BCUT2D eigenvalue weighted by Gasteiger charge is 2.22. The van der Waals surface area contributed by atoms with Crippen molar-refractivity contribution in [3.8, 4) is 0 Å². The molecule has 0 bridgehead atoms. The second-order valence-electron chi connectivity index (χ2n) is 4.69. The topological polar surface area (TPSA) is 32.3 Å². The summed E-state index contributed by atoms with van der Waals surface area (Å²) in [6, 6.07) is 4.11. The van der Waals surface area contributed by atoms with Crippen LogP contribution in [-0.2, 0) is 4.79 Å². The Morgan fingerprint density at radius 2 is 2.12 bits per heavy atom. The van der Waals surface area contributed by atoms with E-state index in [-0.39, 0.29) is 5.91 Å². The first-order valence-electron chi connectivity index (χ1n) is 5.67. The quantitative estimate of drug-likeness (QED) is 0.779. The molecular formula is C14H14N2O. The van der Waals surface area contributed by atoms with Crippen molar-refractivity contribution in [2.45, 2.75) is 0 Å². The van der Waals surface area contributed by atoms with Crippen LogP contribution in [0.25, 0.3) is 17.7 Å². The first-order valence-corrected chi connectivity index (χ1v) is 5.67. The first-order chi connectivity index (χ1) is 8.16. The van der Waals surface area contributed by atoms with E-state index in [0.717, 1.165) is 22.0 Å². The van der Waals surface area contributed by atoms with Gasteiger partial charge >= 0.3 is 0 Å². The zero-order chi connectivity index (χ0) is 12.0. The Hall–Kier alpha value is -1.87. The molecule has 86 valence electrons. The first kappa shape index (κ1) is 10.3. The lowest BCUT2D eigenvalue weighted by atomic mass is 10.1. The van der Waals surface area contributed by atoms with Crippen LogP contribution in [0.1, 0.15) is 5.56 Å². The fourth-order valence-corrected chi connectivity index (χ4v) is 2.38. The van der Waals surface area contributed by atoms with E-state index in [4.69, 9.17) is 0 Å². The number of hydrogen-bond donors (Lipinski definition) is 1. The van der Waals surface area contributed by atoms with Crippen LogP contribution in [0.2, 0.25) is 0 Å². The maximum Gasteiger partial charge on any atom is 0.253 e. The largest absolute Gasteiger partial charge is 0.321 e. The van der Waals surface area contributed by atoms with Gasteiger partial charge in [-0.1, -0.05) is 30.4 Å². The number of allylic oxidation sites excluding steroid dienone is 1. The monoisotopic (exact) mass is 226 g/mol. The number of carbonyl (C=O) groups is 1. The van der Waals surface area contributed by atoms with Crippen LogP contribution < -0.4 is 15.8 Å². The van der Waals surface area contributed by atoms with Crippen molar-refractivity contribution in [2.75, 3.05) is 26.0 Å². The maximum absolute atomic E-state index is 12.0. The Kier molecular flexibility index (Phi) is 2.16. The molecule has 2 aliphatic rings. The van der Waals surface area contributed by atoms with Crippen LogP contribution in [0.15, 0.2) is 18.2 Å². The van der Waals surface area contributed by atoms with Crippen LogP contribution >= 0.6 is 0 Å². The summed E-state index contributed by atoms with van der Waals surface area (Å²) in [5, 5.41) is 5.20. The van der Waals surface area contributed by atoms with Gasteiger partial charge in [0.05, 0.1) is 5.69 Å². The van der Waals surface area contributed by atoms with Gasteiger partial charge < -0.3 is 10.2 Å². The molecule has 1 aliphatic carbocycles. The Morgan fingerprint density at radius 1 is 1.29 bits per heavy atom. The zero-order valence-corrected chi connectivity index (χ0v) is 9.95. The summed E-state index contributed by atoms with van der Waals surface area (Å²) in [6.45, 7) is 0.672. The lowest BCUT2D eigenvalue weighted by Gasteiger charge is -2.08. The molecule has 3 nitrogen and oxygen atoms in total. The highest BCUT2D eigenvalue weighted by molar-refractivity contribution is 6.25. The molecule has 0 saturated carbocycles. The Balaban J connectivity index is 2.26. The number of hydrogen-bond acceptors (Lipinski definition) is 2. The molecule has 1 aromatic carbocycles. The minimum Gasteiger partial charge on any atom is -0.321 e. The van der Waals surface area contributed by atoms with Crippen molar-refractivity contribution in [3.63, 3.8) is 0 Å². The summed E-state index contributed by atoms with van der Waals surface area (Å²) in [5.74, 6) is 0.0300. The van der Waals surface area contributed by atoms with Gasteiger partial charge in [-0.25, -0.2) is 0 Å². The van der Waals surface area contributed by atoms with Gasteiger partial charge in [0.25, 0.3) is 5.91 Å². The minimum absolute atomic E-state index is 0.0300. The standard InChI is InChI=1S/C14H14N2O/c1-16(2)8-12-11-7-6-9-4-3-5-10(9)13(11)15-14(12)17/h3-7H,8H2,1-2H3,(H,15,17). The fraction of sp³-hybridized carbons (Fsp3) is 0.214. The van der Waals surface area contributed by atoms with E-state index >= 15 is 0 Å². The number of amides is 1. The third-order valence-electron chi connectivity index (χ3n) is 3.13. The summed E-state index contributed by atoms with van der Waals surface area (Å²) >= 11 is 0. The average Bonchev–Trinajstić information content (AvgIpc) is 2.83. The second kappa shape index (κ2) is 3.57. The summed E-state index contributed by atoms with van der Waals surface area (Å²) < 4.78 is 0. The van der Waals surface area contributed by atoms with E-state index < -0.39 is 0 Å². The third-order valence-corrected chi connectivity index (χ3v) is 3.13. The molecule has 1 aliphatic heterocycles. The predicted molar refractivity (Wildman–Crippen MR) is 69.8 cm³/mol. The molecule has 17 heavy (non-hydrogen) atoms. The molecule has 0 unspecified atom stereocenters. The Morgan fingerprint density at radius 3 is 2.88 bits per heavy atom. The molecule has 3 rings (SSSR count). The van der Waals surface area contributed by atoms with Gasteiger partial charge in [-0.2, -0.15) is 0 Å². The molecule has 1 aromatic rings. The zero-order valence-electron chi connectivity index (χ0n) is 9.95. The molecule has 1 N–H and O–H groups in total. The molecule has 0 spiro atoms. The van der Waals surface area contributed by atoms with Crippen LogP contribution in [0.4, 0.5) is 5.69 Å². The smallest absolute Gasteiger partial charge is 0.253 e. The number of benzene rings is 1. The molecular weight excluding hydrogens is 212 g/mol. The molecule has 3 heteroatoms. The van der Waals surface area contributed by atoms with E-state index in [1.165, 1.54) is 5.22 Å². The van der Waals surface area contributed by atoms with Gasteiger partial charge in [-0.15, -0.1) is 0 Å². The average molecular weight is 226 g/mol. The van der Waals surface area contributed by atoms with Gasteiger partial charge in [0.2, 0.25) is 0 Å². The van der Waals surface area contributed by atoms with Crippen LogP contribution in [0.5, 0.6) is 0 Å². The SMILES string of the molecule is CN(C)CC1=c2ccc3c(c2NC1=O)C=CC=3.